The van der Waals surface area contributed by atoms with E-state index in [0.717, 1.165) is 18.9 Å². The molecule has 0 aliphatic heterocycles. The van der Waals surface area contributed by atoms with Gasteiger partial charge in [0.15, 0.2) is 0 Å². The second-order valence-electron chi connectivity index (χ2n) is 5.78. The van der Waals surface area contributed by atoms with E-state index in [4.69, 9.17) is 9.26 Å². The number of hydrogen-bond acceptors (Lipinski definition) is 4. The first-order chi connectivity index (χ1) is 11.5. The van der Waals surface area contributed by atoms with Gasteiger partial charge in [0.05, 0.1) is 29.4 Å². The highest BCUT2D eigenvalue weighted by atomic mass is 19.4. The quantitative estimate of drug-likeness (QED) is 0.691. The molecule has 0 bridgehead atoms. The van der Waals surface area contributed by atoms with Crippen molar-refractivity contribution in [3.63, 3.8) is 0 Å². The molecule has 1 aromatic carbocycles. The Labute approximate surface area is 135 Å². The topological polar surface area (TPSA) is 48.2 Å². The maximum atomic E-state index is 13.6. The number of para-hydroxylation sites is 1. The smallest absolute Gasteiger partial charge is 0.417 e. The highest BCUT2D eigenvalue weighted by molar-refractivity contribution is 5.85. The van der Waals surface area contributed by atoms with Gasteiger partial charge in [-0.15, -0.1) is 0 Å². The van der Waals surface area contributed by atoms with Crippen LogP contribution in [0, 0.1) is 0 Å². The number of pyridine rings is 1. The lowest BCUT2D eigenvalue weighted by Gasteiger charge is -2.12. The van der Waals surface area contributed by atoms with E-state index >= 15 is 0 Å². The van der Waals surface area contributed by atoms with E-state index in [-0.39, 0.29) is 22.7 Å². The highest BCUT2D eigenvalue weighted by Gasteiger charge is 2.39. The van der Waals surface area contributed by atoms with Crippen molar-refractivity contribution in [1.29, 1.82) is 0 Å². The third kappa shape index (κ3) is 2.40. The Morgan fingerprint density at radius 1 is 1.21 bits per heavy atom. The number of aromatic nitrogens is 2. The summed E-state index contributed by atoms with van der Waals surface area (Å²) in [5, 5.41) is 3.82. The lowest BCUT2D eigenvalue weighted by Crippen LogP contribution is -2.07. The summed E-state index contributed by atoms with van der Waals surface area (Å²) in [5.74, 6) is 0.477. The largest absolute Gasteiger partial charge is 0.496 e. The average molecular weight is 334 g/mol. The number of benzene rings is 1. The molecule has 1 aliphatic carbocycles. The van der Waals surface area contributed by atoms with Crippen molar-refractivity contribution in [2.45, 2.75) is 24.9 Å². The fourth-order valence-corrected chi connectivity index (χ4v) is 2.83. The molecule has 0 saturated heterocycles. The summed E-state index contributed by atoms with van der Waals surface area (Å²) in [5.41, 5.74) is 0.114. The Balaban J connectivity index is 1.99. The van der Waals surface area contributed by atoms with Gasteiger partial charge in [-0.25, -0.2) is 4.98 Å². The maximum Gasteiger partial charge on any atom is 0.417 e. The van der Waals surface area contributed by atoms with Gasteiger partial charge in [-0.3, -0.25) is 0 Å². The molecule has 124 valence electrons. The van der Waals surface area contributed by atoms with Crippen molar-refractivity contribution in [2.75, 3.05) is 7.11 Å². The third-order valence-electron chi connectivity index (χ3n) is 4.13. The molecule has 1 fully saturated rings. The fourth-order valence-electron chi connectivity index (χ4n) is 2.83. The zero-order chi connectivity index (χ0) is 16.9. The van der Waals surface area contributed by atoms with Crippen molar-refractivity contribution >= 4 is 11.1 Å². The second kappa shape index (κ2) is 5.22. The van der Waals surface area contributed by atoms with Gasteiger partial charge < -0.3 is 9.26 Å². The van der Waals surface area contributed by atoms with E-state index < -0.39 is 11.7 Å². The van der Waals surface area contributed by atoms with Crippen LogP contribution in [0.4, 0.5) is 13.2 Å². The normalized spacial score (nSPS) is 15.0. The van der Waals surface area contributed by atoms with Gasteiger partial charge >= 0.3 is 6.18 Å². The number of halogens is 3. The molecule has 2 aromatic heterocycles. The monoisotopic (exact) mass is 334 g/mol. The molecule has 4 rings (SSSR count). The van der Waals surface area contributed by atoms with E-state index in [1.54, 1.807) is 24.3 Å². The molecule has 0 N–H and O–H groups in total. The molecule has 0 spiro atoms. The van der Waals surface area contributed by atoms with Crippen molar-refractivity contribution < 1.29 is 22.4 Å². The van der Waals surface area contributed by atoms with E-state index in [1.807, 2.05) is 0 Å². The van der Waals surface area contributed by atoms with Crippen molar-refractivity contribution in [2.24, 2.45) is 0 Å². The summed E-state index contributed by atoms with van der Waals surface area (Å²) in [6.45, 7) is 0. The number of hydrogen-bond donors (Lipinski definition) is 0. The lowest BCUT2D eigenvalue weighted by molar-refractivity contribution is -0.136. The molecule has 7 heteroatoms. The predicted molar refractivity (Wildman–Crippen MR) is 80.8 cm³/mol. The zero-order valence-corrected chi connectivity index (χ0v) is 12.7. The highest BCUT2D eigenvalue weighted by Crippen LogP contribution is 2.46. The van der Waals surface area contributed by atoms with E-state index in [9.17, 15) is 13.2 Å². The molecular formula is C17H13F3N2O2. The average Bonchev–Trinajstić information content (AvgIpc) is 3.32. The minimum Gasteiger partial charge on any atom is -0.496 e. The van der Waals surface area contributed by atoms with E-state index in [0.29, 0.717) is 17.0 Å². The first-order valence-electron chi connectivity index (χ1n) is 7.50. The number of fused-ring (bicyclic) bond motifs is 1. The van der Waals surface area contributed by atoms with Crippen LogP contribution < -0.4 is 4.74 Å². The number of nitrogens with zero attached hydrogens (tertiary/aromatic N) is 2. The van der Waals surface area contributed by atoms with Crippen molar-refractivity contribution in [3.8, 4) is 17.0 Å². The van der Waals surface area contributed by atoms with Crippen LogP contribution in [-0.2, 0) is 6.18 Å². The number of methoxy groups -OCH3 is 1. The Morgan fingerprint density at radius 3 is 2.62 bits per heavy atom. The summed E-state index contributed by atoms with van der Waals surface area (Å²) >= 11 is 0. The van der Waals surface area contributed by atoms with E-state index in [1.165, 1.54) is 7.11 Å². The molecule has 0 radical (unpaired) electrons. The van der Waals surface area contributed by atoms with Crippen LogP contribution >= 0.6 is 0 Å². The van der Waals surface area contributed by atoms with Gasteiger partial charge in [-0.05, 0) is 31.0 Å². The Bertz CT molecular complexity index is 914. The molecular weight excluding hydrogens is 321 g/mol. The zero-order valence-electron chi connectivity index (χ0n) is 12.7. The molecule has 4 nitrogen and oxygen atoms in total. The summed E-state index contributed by atoms with van der Waals surface area (Å²) in [6.07, 6.45) is -2.87. The summed E-state index contributed by atoms with van der Waals surface area (Å²) in [7, 11) is 1.46. The number of ether oxygens (including phenoxy) is 1. The second-order valence-corrected chi connectivity index (χ2v) is 5.78. The molecule has 2 heterocycles. The molecule has 24 heavy (non-hydrogen) atoms. The first kappa shape index (κ1) is 15.0. The van der Waals surface area contributed by atoms with Gasteiger partial charge in [-0.1, -0.05) is 17.3 Å². The van der Waals surface area contributed by atoms with Crippen LogP contribution in [0.5, 0.6) is 5.75 Å². The fraction of sp³-hybridized carbons (Fsp3) is 0.294. The molecule has 3 aromatic rings. The summed E-state index contributed by atoms with van der Waals surface area (Å²) < 4.78 is 51.2. The number of rotatable bonds is 3. The molecule has 1 aliphatic rings. The summed E-state index contributed by atoms with van der Waals surface area (Å²) in [4.78, 5) is 4.25. The molecule has 0 atom stereocenters. The lowest BCUT2D eigenvalue weighted by atomic mass is 10.0. The van der Waals surface area contributed by atoms with Crippen molar-refractivity contribution in [3.05, 3.63) is 41.6 Å². The summed E-state index contributed by atoms with van der Waals surface area (Å²) in [6, 6.07) is 7.83. The molecule has 1 saturated carbocycles. The van der Waals surface area contributed by atoms with Crippen LogP contribution in [0.25, 0.3) is 22.4 Å². The van der Waals surface area contributed by atoms with Crippen LogP contribution in [0.3, 0.4) is 0 Å². The Morgan fingerprint density at radius 2 is 1.96 bits per heavy atom. The maximum absolute atomic E-state index is 13.6. The minimum absolute atomic E-state index is 0.0244. The van der Waals surface area contributed by atoms with Crippen LogP contribution in [0.15, 0.2) is 34.9 Å². The van der Waals surface area contributed by atoms with Gasteiger partial charge in [0.1, 0.15) is 5.75 Å². The third-order valence-corrected chi connectivity index (χ3v) is 4.13. The van der Waals surface area contributed by atoms with Crippen LogP contribution in [0.2, 0.25) is 0 Å². The van der Waals surface area contributed by atoms with Gasteiger partial charge in [0, 0.05) is 11.5 Å². The molecule has 0 unspecified atom stereocenters. The number of alkyl halides is 3. The van der Waals surface area contributed by atoms with Gasteiger partial charge in [-0.2, -0.15) is 13.2 Å². The van der Waals surface area contributed by atoms with Gasteiger partial charge in [0.2, 0.25) is 0 Å². The van der Waals surface area contributed by atoms with Gasteiger partial charge in [0.25, 0.3) is 5.71 Å². The Hall–Kier alpha value is -2.57. The minimum atomic E-state index is -4.52. The van der Waals surface area contributed by atoms with Crippen LogP contribution in [-0.4, -0.2) is 17.3 Å². The first-order valence-corrected chi connectivity index (χ1v) is 7.50. The van der Waals surface area contributed by atoms with Crippen molar-refractivity contribution in [1.82, 2.24) is 10.1 Å². The SMILES string of the molecule is COc1ccccc1-c1cc(C(F)(F)F)c2c(C3CC3)noc2n1. The molecule has 0 amide bonds. The van der Waals surface area contributed by atoms with E-state index in [2.05, 4.69) is 10.1 Å². The van der Waals surface area contributed by atoms with Crippen LogP contribution in [0.1, 0.15) is 30.0 Å². The standard InChI is InChI=1S/C17H13F3N2O2/c1-23-13-5-3-2-4-10(13)12-8-11(17(18,19)20)14-15(9-6-7-9)22-24-16(14)21-12/h2-5,8-9H,6-7H2,1H3. The Kier molecular flexibility index (Phi) is 3.26. The predicted octanol–water partition coefficient (Wildman–Crippen LogP) is 4.79.